The van der Waals surface area contributed by atoms with Gasteiger partial charge < -0.3 is 4.57 Å². The van der Waals surface area contributed by atoms with Gasteiger partial charge in [-0.05, 0) is 79.2 Å². The topological polar surface area (TPSA) is 42.3 Å². The van der Waals surface area contributed by atoms with Gasteiger partial charge in [0.2, 0.25) is 0 Å². The maximum Gasteiger partial charge on any atom is 0.416 e. The predicted molar refractivity (Wildman–Crippen MR) is 123 cm³/mol. The molecule has 0 unspecified atom stereocenters. The van der Waals surface area contributed by atoms with Crippen molar-refractivity contribution >= 4 is 40.6 Å². The summed E-state index contributed by atoms with van der Waals surface area (Å²) in [6.45, 7) is 3.66. The second-order valence-electron chi connectivity index (χ2n) is 7.60. The third kappa shape index (κ3) is 4.72. The maximum absolute atomic E-state index is 13.2. The van der Waals surface area contributed by atoms with Crippen molar-refractivity contribution in [2.75, 3.05) is 0 Å². The zero-order valence-corrected chi connectivity index (χ0v) is 19.2. The number of hydrogen-bond acceptors (Lipinski definition) is 3. The summed E-state index contributed by atoms with van der Waals surface area (Å²) >= 11 is 6.72. The first kappa shape index (κ1) is 23.2. The number of aromatic nitrogens is 1. The summed E-state index contributed by atoms with van der Waals surface area (Å²) in [5, 5.41) is 0.178. The maximum atomic E-state index is 13.2. The molecule has 4 rings (SSSR count). The average Bonchev–Trinajstić information content (AvgIpc) is 3.18. The van der Waals surface area contributed by atoms with Crippen LogP contribution in [0.25, 0.3) is 11.8 Å². The van der Waals surface area contributed by atoms with E-state index >= 15 is 0 Å². The van der Waals surface area contributed by atoms with Crippen LogP contribution in [-0.2, 0) is 17.5 Å². The van der Waals surface area contributed by atoms with Gasteiger partial charge in [-0.25, -0.2) is 0 Å². The fraction of sp³-hybridized carbons (Fsp3) is 0.167. The number of alkyl halides is 3. The molecule has 2 amide bonds. The molecule has 0 aliphatic carbocycles. The molecule has 9 heteroatoms. The molecule has 1 saturated heterocycles. The molecular formula is C24H18ClF3N2O2S. The van der Waals surface area contributed by atoms with Crippen molar-refractivity contribution in [2.24, 2.45) is 0 Å². The minimum Gasteiger partial charge on any atom is -0.318 e. The van der Waals surface area contributed by atoms with E-state index in [9.17, 15) is 22.8 Å². The molecule has 1 aliphatic heterocycles. The molecule has 4 nitrogen and oxygen atoms in total. The largest absolute Gasteiger partial charge is 0.416 e. The lowest BCUT2D eigenvalue weighted by atomic mass is 10.2. The summed E-state index contributed by atoms with van der Waals surface area (Å²) in [7, 11) is 0. The Balaban J connectivity index is 1.63. The zero-order chi connectivity index (χ0) is 23.9. The number of halogens is 4. The molecule has 0 spiro atoms. The van der Waals surface area contributed by atoms with Crippen LogP contribution >= 0.6 is 23.4 Å². The summed E-state index contributed by atoms with van der Waals surface area (Å²) in [6.07, 6.45) is -2.84. The summed E-state index contributed by atoms with van der Waals surface area (Å²) in [6, 6.07) is 13.7. The van der Waals surface area contributed by atoms with Gasteiger partial charge in [0.05, 0.1) is 17.0 Å². The SMILES string of the molecule is Cc1cc(/C=C2\SC(=O)N(Cc3ccc(Cl)cc3)C2=O)c(C)n1-c1cccc(C(F)(F)F)c1. The number of thioether (sulfide) groups is 1. The normalized spacial score (nSPS) is 15.7. The van der Waals surface area contributed by atoms with Crippen LogP contribution in [0.3, 0.4) is 0 Å². The highest BCUT2D eigenvalue weighted by molar-refractivity contribution is 8.18. The Kier molecular flexibility index (Phi) is 6.16. The molecule has 1 fully saturated rings. The molecular weight excluding hydrogens is 473 g/mol. The lowest BCUT2D eigenvalue weighted by Crippen LogP contribution is -2.27. The molecule has 2 heterocycles. The molecule has 0 saturated carbocycles. The van der Waals surface area contributed by atoms with Gasteiger partial charge >= 0.3 is 6.18 Å². The summed E-state index contributed by atoms with van der Waals surface area (Å²) in [4.78, 5) is 26.8. The van der Waals surface area contributed by atoms with Crippen LogP contribution in [0.15, 0.2) is 59.5 Å². The fourth-order valence-electron chi connectivity index (χ4n) is 3.70. The zero-order valence-electron chi connectivity index (χ0n) is 17.6. The molecule has 170 valence electrons. The van der Waals surface area contributed by atoms with Crippen molar-refractivity contribution in [1.82, 2.24) is 9.47 Å². The number of imide groups is 1. The van der Waals surface area contributed by atoms with Crippen molar-refractivity contribution in [2.45, 2.75) is 26.6 Å². The third-order valence-corrected chi connectivity index (χ3v) is 6.48. The first-order valence-electron chi connectivity index (χ1n) is 9.91. The second-order valence-corrected chi connectivity index (χ2v) is 9.03. The van der Waals surface area contributed by atoms with Gasteiger partial charge in [-0.3, -0.25) is 14.5 Å². The predicted octanol–water partition coefficient (Wildman–Crippen LogP) is 7.00. The second kappa shape index (κ2) is 8.76. The highest BCUT2D eigenvalue weighted by Crippen LogP contribution is 2.35. The van der Waals surface area contributed by atoms with Gasteiger partial charge in [-0.1, -0.05) is 29.8 Å². The van der Waals surface area contributed by atoms with Crippen LogP contribution in [0.1, 0.15) is 28.1 Å². The smallest absolute Gasteiger partial charge is 0.318 e. The van der Waals surface area contributed by atoms with Crippen LogP contribution < -0.4 is 0 Å². The lowest BCUT2D eigenvalue weighted by Gasteiger charge is -2.13. The third-order valence-electron chi connectivity index (χ3n) is 5.32. The van der Waals surface area contributed by atoms with Crippen LogP contribution in [0.4, 0.5) is 18.0 Å². The number of carbonyl (C=O) groups excluding carboxylic acids is 2. The Morgan fingerprint density at radius 3 is 2.39 bits per heavy atom. The molecule has 3 aromatic rings. The number of aryl methyl sites for hydroxylation is 1. The first-order chi connectivity index (χ1) is 15.5. The van der Waals surface area contributed by atoms with Crippen LogP contribution in [0.5, 0.6) is 0 Å². The molecule has 0 radical (unpaired) electrons. The van der Waals surface area contributed by atoms with E-state index in [1.54, 1.807) is 60.9 Å². The van der Waals surface area contributed by atoms with E-state index < -0.39 is 17.6 Å². The van der Waals surface area contributed by atoms with Gasteiger partial charge in [0.25, 0.3) is 11.1 Å². The van der Waals surface area contributed by atoms with E-state index in [-0.39, 0.29) is 16.7 Å². The van der Waals surface area contributed by atoms with E-state index in [0.717, 1.165) is 34.4 Å². The molecule has 1 aromatic heterocycles. The van der Waals surface area contributed by atoms with Crippen molar-refractivity contribution < 1.29 is 22.8 Å². The van der Waals surface area contributed by atoms with Crippen molar-refractivity contribution in [1.29, 1.82) is 0 Å². The number of amides is 2. The Hall–Kier alpha value is -2.97. The standard InChI is InChI=1S/C24H18ClF3N2O2S/c1-14-10-17(15(2)30(14)20-5-3-4-18(12-20)24(26,27)28)11-21-22(31)29(23(32)33-21)13-16-6-8-19(25)9-7-16/h3-12H,13H2,1-2H3/b21-11-. The summed E-state index contributed by atoms with van der Waals surface area (Å²) in [5.74, 6) is -0.413. The molecule has 2 aromatic carbocycles. The van der Waals surface area contributed by atoms with Gasteiger partial charge in [-0.2, -0.15) is 13.2 Å². The van der Waals surface area contributed by atoms with Gasteiger partial charge in [0.15, 0.2) is 0 Å². The lowest BCUT2D eigenvalue weighted by molar-refractivity contribution is -0.137. The van der Waals surface area contributed by atoms with Gasteiger partial charge in [0, 0.05) is 22.1 Å². The number of benzene rings is 2. The van der Waals surface area contributed by atoms with Crippen molar-refractivity contribution in [3.63, 3.8) is 0 Å². The van der Waals surface area contributed by atoms with Crippen molar-refractivity contribution in [3.8, 4) is 5.69 Å². The monoisotopic (exact) mass is 490 g/mol. The van der Waals surface area contributed by atoms with E-state index in [1.807, 2.05) is 0 Å². The average molecular weight is 491 g/mol. The van der Waals surface area contributed by atoms with E-state index in [2.05, 4.69) is 0 Å². The quantitative estimate of drug-likeness (QED) is 0.370. The van der Waals surface area contributed by atoms with Crippen LogP contribution in [-0.4, -0.2) is 20.6 Å². The Labute approximate surface area is 197 Å². The summed E-state index contributed by atoms with van der Waals surface area (Å²) in [5.41, 5.74) is 2.43. The van der Waals surface area contributed by atoms with E-state index in [0.29, 0.717) is 27.7 Å². The molecule has 1 aliphatic rings. The van der Waals surface area contributed by atoms with Crippen LogP contribution in [0.2, 0.25) is 5.02 Å². The minimum atomic E-state index is -4.45. The fourth-order valence-corrected chi connectivity index (χ4v) is 4.66. The summed E-state index contributed by atoms with van der Waals surface area (Å²) < 4.78 is 41.1. The highest BCUT2D eigenvalue weighted by atomic mass is 35.5. The highest BCUT2D eigenvalue weighted by Gasteiger charge is 2.35. The van der Waals surface area contributed by atoms with E-state index in [1.165, 1.54) is 6.07 Å². The Morgan fingerprint density at radius 1 is 1.03 bits per heavy atom. The number of hydrogen-bond donors (Lipinski definition) is 0. The van der Waals surface area contributed by atoms with Crippen LogP contribution in [0, 0.1) is 13.8 Å². The number of carbonyl (C=O) groups is 2. The number of nitrogens with zero attached hydrogens (tertiary/aromatic N) is 2. The van der Waals surface area contributed by atoms with Gasteiger partial charge in [0.1, 0.15) is 0 Å². The minimum absolute atomic E-state index is 0.127. The Morgan fingerprint density at radius 2 is 1.73 bits per heavy atom. The first-order valence-corrected chi connectivity index (χ1v) is 11.1. The van der Waals surface area contributed by atoms with Gasteiger partial charge in [-0.15, -0.1) is 0 Å². The molecule has 0 atom stereocenters. The Bertz CT molecular complexity index is 1280. The molecule has 0 N–H and O–H groups in total. The molecule has 33 heavy (non-hydrogen) atoms. The van der Waals surface area contributed by atoms with Crippen molar-refractivity contribution in [3.05, 3.63) is 92.6 Å². The van der Waals surface area contributed by atoms with E-state index in [4.69, 9.17) is 11.6 Å². The molecule has 0 bridgehead atoms. The number of rotatable bonds is 4.